The molecule has 1 aromatic carbocycles. The van der Waals surface area contributed by atoms with Crippen LogP contribution >= 0.6 is 11.6 Å². The van der Waals surface area contributed by atoms with Crippen molar-refractivity contribution in [1.82, 2.24) is 0 Å². The second-order valence-electron chi connectivity index (χ2n) is 3.93. The minimum Gasteiger partial charge on any atom is -0.478 e. The number of carboxylic acid groups (broad SMARTS) is 1. The zero-order chi connectivity index (χ0) is 12.8. The maximum atomic E-state index is 11.2. The Morgan fingerprint density at radius 2 is 1.88 bits per heavy atom. The fourth-order valence-corrected chi connectivity index (χ4v) is 2.18. The Kier molecular flexibility index (Phi) is 5.29. The van der Waals surface area contributed by atoms with Crippen molar-refractivity contribution in [3.63, 3.8) is 0 Å². The summed E-state index contributed by atoms with van der Waals surface area (Å²) in [5.74, 6) is -0.931. The molecular weight excluding hydrogens is 238 g/mol. The number of halogens is 1. The first-order chi connectivity index (χ1) is 8.11. The summed E-state index contributed by atoms with van der Waals surface area (Å²) < 4.78 is 0. The van der Waals surface area contributed by atoms with Crippen molar-refractivity contribution >= 4 is 23.3 Å². The van der Waals surface area contributed by atoms with Crippen LogP contribution in [0.15, 0.2) is 18.2 Å². The normalized spacial score (nSPS) is 10.3. The van der Waals surface area contributed by atoms with E-state index in [9.17, 15) is 9.90 Å². The Labute approximate surface area is 107 Å². The molecule has 0 saturated carbocycles. The Morgan fingerprint density at radius 3 is 2.35 bits per heavy atom. The molecule has 0 heterocycles. The van der Waals surface area contributed by atoms with Gasteiger partial charge in [0.15, 0.2) is 0 Å². The third-order valence-electron chi connectivity index (χ3n) is 2.52. The molecule has 0 bridgehead atoms. The number of carbonyl (C=O) groups is 1. The van der Waals surface area contributed by atoms with Crippen molar-refractivity contribution in [3.8, 4) is 0 Å². The molecular formula is C13H18ClNO2. The lowest BCUT2D eigenvalue weighted by molar-refractivity contribution is 0.0697. The average Bonchev–Trinajstić information content (AvgIpc) is 2.28. The van der Waals surface area contributed by atoms with E-state index in [0.29, 0.717) is 10.7 Å². The smallest absolute Gasteiger partial charge is 0.337 e. The van der Waals surface area contributed by atoms with Gasteiger partial charge in [-0.15, -0.1) is 0 Å². The molecule has 0 aliphatic carbocycles. The molecule has 1 rings (SSSR count). The van der Waals surface area contributed by atoms with Gasteiger partial charge in [-0.05, 0) is 25.0 Å². The van der Waals surface area contributed by atoms with Crippen LogP contribution in [-0.4, -0.2) is 24.2 Å². The van der Waals surface area contributed by atoms with Gasteiger partial charge in [0.05, 0.1) is 16.3 Å². The molecule has 94 valence electrons. The number of nitrogens with zero attached hydrogens (tertiary/aromatic N) is 1. The summed E-state index contributed by atoms with van der Waals surface area (Å²) in [6.45, 7) is 5.77. The predicted octanol–water partition coefficient (Wildman–Crippen LogP) is 3.66. The van der Waals surface area contributed by atoms with Crippen molar-refractivity contribution in [1.29, 1.82) is 0 Å². The third kappa shape index (κ3) is 3.37. The Hall–Kier alpha value is -1.22. The predicted molar refractivity (Wildman–Crippen MR) is 71.2 cm³/mol. The summed E-state index contributed by atoms with van der Waals surface area (Å²) in [6.07, 6.45) is 1.93. The van der Waals surface area contributed by atoms with Crippen molar-refractivity contribution < 1.29 is 9.90 Å². The Morgan fingerprint density at radius 1 is 1.29 bits per heavy atom. The van der Waals surface area contributed by atoms with E-state index in [-0.39, 0.29) is 5.56 Å². The van der Waals surface area contributed by atoms with Gasteiger partial charge in [0, 0.05) is 13.1 Å². The molecule has 17 heavy (non-hydrogen) atoms. The van der Waals surface area contributed by atoms with E-state index in [1.165, 1.54) is 0 Å². The number of aromatic carboxylic acids is 1. The maximum Gasteiger partial charge on any atom is 0.337 e. The number of para-hydroxylation sites is 1. The highest BCUT2D eigenvalue weighted by molar-refractivity contribution is 6.34. The lowest BCUT2D eigenvalue weighted by atomic mass is 10.1. The van der Waals surface area contributed by atoms with Crippen LogP contribution in [0.25, 0.3) is 0 Å². The molecule has 0 spiro atoms. The second kappa shape index (κ2) is 6.50. The number of carboxylic acids is 1. The first-order valence-electron chi connectivity index (χ1n) is 5.88. The summed E-state index contributed by atoms with van der Waals surface area (Å²) in [4.78, 5) is 13.2. The van der Waals surface area contributed by atoms with E-state index in [4.69, 9.17) is 11.6 Å². The zero-order valence-electron chi connectivity index (χ0n) is 10.2. The highest BCUT2D eigenvalue weighted by atomic mass is 35.5. The van der Waals surface area contributed by atoms with Crippen LogP contribution < -0.4 is 4.90 Å². The van der Waals surface area contributed by atoms with Crippen LogP contribution in [0.2, 0.25) is 5.02 Å². The molecule has 0 aliphatic heterocycles. The summed E-state index contributed by atoms with van der Waals surface area (Å²) in [5.41, 5.74) is 0.921. The van der Waals surface area contributed by atoms with Gasteiger partial charge in [-0.1, -0.05) is 31.5 Å². The third-order valence-corrected chi connectivity index (χ3v) is 2.83. The fraction of sp³-hybridized carbons (Fsp3) is 0.462. The number of hydrogen-bond donors (Lipinski definition) is 1. The lowest BCUT2D eigenvalue weighted by Crippen LogP contribution is -2.27. The van der Waals surface area contributed by atoms with E-state index in [1.807, 2.05) is 4.90 Å². The average molecular weight is 256 g/mol. The maximum absolute atomic E-state index is 11.2. The second-order valence-corrected chi connectivity index (χ2v) is 4.34. The Balaban J connectivity index is 3.19. The van der Waals surface area contributed by atoms with Crippen LogP contribution in [0.4, 0.5) is 5.69 Å². The van der Waals surface area contributed by atoms with Crippen molar-refractivity contribution in [3.05, 3.63) is 28.8 Å². The van der Waals surface area contributed by atoms with E-state index >= 15 is 0 Å². The van der Waals surface area contributed by atoms with Crippen LogP contribution in [0.1, 0.15) is 37.0 Å². The first kappa shape index (κ1) is 13.8. The highest BCUT2D eigenvalue weighted by Crippen LogP contribution is 2.30. The largest absolute Gasteiger partial charge is 0.478 e. The molecule has 0 aliphatic rings. The van der Waals surface area contributed by atoms with Crippen molar-refractivity contribution in [2.24, 2.45) is 0 Å². The topological polar surface area (TPSA) is 40.5 Å². The van der Waals surface area contributed by atoms with Crippen LogP contribution in [-0.2, 0) is 0 Å². The molecule has 3 nitrogen and oxygen atoms in total. The minimum atomic E-state index is -0.931. The summed E-state index contributed by atoms with van der Waals surface area (Å²) in [7, 11) is 0. The van der Waals surface area contributed by atoms with Gasteiger partial charge in [0.1, 0.15) is 0 Å². The molecule has 0 saturated heterocycles. The first-order valence-corrected chi connectivity index (χ1v) is 6.26. The van der Waals surface area contributed by atoms with E-state index < -0.39 is 5.97 Å². The summed E-state index contributed by atoms with van der Waals surface area (Å²) in [5, 5.41) is 9.70. The minimum absolute atomic E-state index is 0.277. The number of hydrogen-bond acceptors (Lipinski definition) is 2. The van der Waals surface area contributed by atoms with Gasteiger partial charge in [-0.25, -0.2) is 4.79 Å². The van der Waals surface area contributed by atoms with E-state index in [0.717, 1.165) is 25.9 Å². The summed E-state index contributed by atoms with van der Waals surface area (Å²) >= 11 is 6.13. The molecule has 0 aromatic heterocycles. The van der Waals surface area contributed by atoms with Gasteiger partial charge in [-0.3, -0.25) is 0 Å². The van der Waals surface area contributed by atoms with Crippen LogP contribution in [0.5, 0.6) is 0 Å². The zero-order valence-corrected chi connectivity index (χ0v) is 11.0. The van der Waals surface area contributed by atoms with E-state index in [1.54, 1.807) is 18.2 Å². The highest BCUT2D eigenvalue weighted by Gasteiger charge is 2.17. The van der Waals surface area contributed by atoms with Crippen molar-refractivity contribution in [2.75, 3.05) is 18.0 Å². The standard InChI is InChI=1S/C13H18ClNO2/c1-3-8-15(9-4-2)12-10(13(16)17)6-5-7-11(12)14/h5-7H,3-4,8-9H2,1-2H3,(H,16,17). The van der Waals surface area contributed by atoms with Gasteiger partial charge >= 0.3 is 5.97 Å². The van der Waals surface area contributed by atoms with Gasteiger partial charge in [-0.2, -0.15) is 0 Å². The molecule has 0 unspecified atom stereocenters. The molecule has 0 atom stereocenters. The van der Waals surface area contributed by atoms with Crippen molar-refractivity contribution in [2.45, 2.75) is 26.7 Å². The quantitative estimate of drug-likeness (QED) is 0.843. The lowest BCUT2D eigenvalue weighted by Gasteiger charge is -2.26. The fourth-order valence-electron chi connectivity index (χ4n) is 1.88. The Bertz CT molecular complexity index is 387. The van der Waals surface area contributed by atoms with Crippen LogP contribution in [0.3, 0.4) is 0 Å². The number of rotatable bonds is 6. The summed E-state index contributed by atoms with van der Waals surface area (Å²) in [6, 6.07) is 5.01. The molecule has 1 aromatic rings. The molecule has 1 N–H and O–H groups in total. The molecule has 0 radical (unpaired) electrons. The molecule has 0 amide bonds. The number of benzene rings is 1. The SMILES string of the molecule is CCCN(CCC)c1c(Cl)cccc1C(=O)O. The van der Waals surface area contributed by atoms with E-state index in [2.05, 4.69) is 13.8 Å². The molecule has 4 heteroatoms. The molecule has 0 fully saturated rings. The van der Waals surface area contributed by atoms with Gasteiger partial charge < -0.3 is 10.0 Å². The van der Waals surface area contributed by atoms with Gasteiger partial charge in [0.2, 0.25) is 0 Å². The van der Waals surface area contributed by atoms with Gasteiger partial charge in [0.25, 0.3) is 0 Å². The van der Waals surface area contributed by atoms with Crippen LogP contribution in [0, 0.1) is 0 Å². The number of anilines is 1. The monoisotopic (exact) mass is 255 g/mol.